The number of benzene rings is 1. The molecule has 2 heterocycles. The van der Waals surface area contributed by atoms with Gasteiger partial charge in [-0.1, -0.05) is 27.5 Å². The molecule has 0 aliphatic carbocycles. The highest BCUT2D eigenvalue weighted by Gasteiger charge is 2.31. The van der Waals surface area contributed by atoms with Gasteiger partial charge in [-0.05, 0) is 30.3 Å². The van der Waals surface area contributed by atoms with E-state index in [4.69, 9.17) is 16.3 Å². The van der Waals surface area contributed by atoms with E-state index in [0.29, 0.717) is 8.81 Å². The molecule has 1 aromatic heterocycles. The average molecular weight is 498 g/mol. The zero-order valence-electron chi connectivity index (χ0n) is 13.9. The van der Waals surface area contributed by atoms with Crippen molar-refractivity contribution in [2.75, 3.05) is 32.8 Å². The van der Waals surface area contributed by atoms with Crippen LogP contribution in [0, 0.1) is 5.82 Å². The Morgan fingerprint density at radius 2 is 1.93 bits per heavy atom. The molecule has 27 heavy (non-hydrogen) atoms. The zero-order valence-corrected chi connectivity index (χ0v) is 17.9. The van der Waals surface area contributed by atoms with Gasteiger partial charge in [0.2, 0.25) is 0 Å². The number of hydrogen-bond acceptors (Lipinski definition) is 5. The summed E-state index contributed by atoms with van der Waals surface area (Å²) in [5.74, 6) is -0.904. The Kier molecular flexibility index (Phi) is 6.42. The third kappa shape index (κ3) is 4.80. The SMILES string of the molecule is O=C(COc1ccc(Br)cc1F)N1CCN(S(=O)(=O)c2ccc(Cl)s2)CC1. The van der Waals surface area contributed by atoms with Gasteiger partial charge in [0, 0.05) is 30.7 Å². The lowest BCUT2D eigenvalue weighted by atomic mass is 10.3. The molecule has 1 aliphatic rings. The van der Waals surface area contributed by atoms with Crippen molar-refractivity contribution in [2.24, 2.45) is 0 Å². The van der Waals surface area contributed by atoms with Gasteiger partial charge in [-0.3, -0.25) is 4.79 Å². The van der Waals surface area contributed by atoms with Crippen LogP contribution in [0.15, 0.2) is 39.0 Å². The van der Waals surface area contributed by atoms with Crippen molar-refractivity contribution in [2.45, 2.75) is 4.21 Å². The average Bonchev–Trinajstić information content (AvgIpc) is 3.08. The fourth-order valence-electron chi connectivity index (χ4n) is 2.56. The third-order valence-electron chi connectivity index (χ3n) is 3.98. The first kappa shape index (κ1) is 20.5. The molecule has 0 spiro atoms. The van der Waals surface area contributed by atoms with Crippen molar-refractivity contribution in [1.29, 1.82) is 0 Å². The Morgan fingerprint density at radius 3 is 2.52 bits per heavy atom. The number of piperazine rings is 1. The van der Waals surface area contributed by atoms with Crippen LogP contribution in [0.25, 0.3) is 0 Å². The molecule has 3 rings (SSSR count). The maximum Gasteiger partial charge on any atom is 0.260 e. The molecule has 6 nitrogen and oxygen atoms in total. The van der Waals surface area contributed by atoms with E-state index in [1.807, 2.05) is 0 Å². The Bertz CT molecular complexity index is 946. The quantitative estimate of drug-likeness (QED) is 0.636. The minimum Gasteiger partial charge on any atom is -0.481 e. The van der Waals surface area contributed by atoms with E-state index in [0.717, 1.165) is 11.3 Å². The summed E-state index contributed by atoms with van der Waals surface area (Å²) in [4.78, 5) is 13.8. The van der Waals surface area contributed by atoms with Crippen molar-refractivity contribution in [3.8, 4) is 5.75 Å². The van der Waals surface area contributed by atoms with Crippen molar-refractivity contribution in [1.82, 2.24) is 9.21 Å². The number of hydrogen-bond donors (Lipinski definition) is 0. The van der Waals surface area contributed by atoms with Gasteiger partial charge in [0.15, 0.2) is 18.2 Å². The van der Waals surface area contributed by atoms with Gasteiger partial charge in [0.25, 0.3) is 15.9 Å². The van der Waals surface area contributed by atoms with E-state index in [-0.39, 0.29) is 48.7 Å². The Morgan fingerprint density at radius 1 is 1.22 bits per heavy atom. The van der Waals surface area contributed by atoms with E-state index < -0.39 is 15.8 Å². The van der Waals surface area contributed by atoms with Crippen LogP contribution < -0.4 is 4.74 Å². The second-order valence-corrected chi connectivity index (χ2v) is 10.5. The predicted molar refractivity (Wildman–Crippen MR) is 104 cm³/mol. The van der Waals surface area contributed by atoms with E-state index in [2.05, 4.69) is 15.9 Å². The molecule has 11 heteroatoms. The first-order valence-corrected chi connectivity index (χ1v) is 11.3. The van der Waals surface area contributed by atoms with Crippen LogP contribution in [0.5, 0.6) is 5.75 Å². The summed E-state index contributed by atoms with van der Waals surface area (Å²) in [6.45, 7) is 0.519. The minimum absolute atomic E-state index is 0.0117. The Hall–Kier alpha value is -1.20. The highest BCUT2D eigenvalue weighted by Crippen LogP contribution is 2.28. The van der Waals surface area contributed by atoms with Gasteiger partial charge in [0.05, 0.1) is 4.34 Å². The summed E-state index contributed by atoms with van der Waals surface area (Å²) in [7, 11) is -3.61. The summed E-state index contributed by atoms with van der Waals surface area (Å²) < 4.78 is 46.6. The molecule has 1 aliphatic heterocycles. The van der Waals surface area contributed by atoms with Gasteiger partial charge >= 0.3 is 0 Å². The molecule has 0 bridgehead atoms. The topological polar surface area (TPSA) is 66.9 Å². The number of amides is 1. The Balaban J connectivity index is 1.55. The van der Waals surface area contributed by atoms with E-state index >= 15 is 0 Å². The van der Waals surface area contributed by atoms with Crippen molar-refractivity contribution < 1.29 is 22.3 Å². The van der Waals surface area contributed by atoms with Crippen molar-refractivity contribution in [3.63, 3.8) is 0 Å². The number of carbonyl (C=O) groups excluding carboxylic acids is 1. The van der Waals surface area contributed by atoms with Gasteiger partial charge in [0.1, 0.15) is 4.21 Å². The maximum atomic E-state index is 13.7. The molecular weight excluding hydrogens is 483 g/mol. The number of thiophene rings is 1. The van der Waals surface area contributed by atoms with Crippen molar-refractivity contribution >= 4 is 54.8 Å². The summed E-state index contributed by atoms with van der Waals surface area (Å²) >= 11 is 9.96. The number of carbonyl (C=O) groups is 1. The molecule has 0 unspecified atom stereocenters. The second-order valence-electron chi connectivity index (χ2n) is 5.71. The molecule has 1 fully saturated rings. The monoisotopic (exact) mass is 496 g/mol. The molecule has 0 saturated carbocycles. The van der Waals surface area contributed by atoms with Gasteiger partial charge in [-0.25, -0.2) is 12.8 Å². The summed E-state index contributed by atoms with van der Waals surface area (Å²) in [5, 5.41) is 0. The highest BCUT2D eigenvalue weighted by atomic mass is 79.9. The summed E-state index contributed by atoms with van der Waals surface area (Å²) in [6.07, 6.45) is 0. The van der Waals surface area contributed by atoms with Crippen LogP contribution >= 0.6 is 38.9 Å². The summed E-state index contributed by atoms with van der Waals surface area (Å²) in [6, 6.07) is 7.31. The maximum absolute atomic E-state index is 13.7. The van der Waals surface area contributed by atoms with Crippen LogP contribution in [-0.2, 0) is 14.8 Å². The lowest BCUT2D eigenvalue weighted by molar-refractivity contribution is -0.134. The van der Waals surface area contributed by atoms with Gasteiger partial charge in [-0.15, -0.1) is 11.3 Å². The largest absolute Gasteiger partial charge is 0.481 e. The smallest absolute Gasteiger partial charge is 0.260 e. The predicted octanol–water partition coefficient (Wildman–Crippen LogP) is 3.22. The molecule has 0 atom stereocenters. The van der Waals surface area contributed by atoms with Crippen molar-refractivity contribution in [3.05, 3.63) is 45.0 Å². The number of ether oxygens (including phenoxy) is 1. The van der Waals surface area contributed by atoms with E-state index in [1.165, 1.54) is 33.5 Å². The zero-order chi connectivity index (χ0) is 19.6. The highest BCUT2D eigenvalue weighted by molar-refractivity contribution is 9.10. The van der Waals surface area contributed by atoms with Gasteiger partial charge in [-0.2, -0.15) is 4.31 Å². The third-order valence-corrected chi connectivity index (χ3v) is 8.07. The molecular formula is C16H15BrClFN2O4S2. The van der Waals surface area contributed by atoms with Crippen LogP contribution in [0.4, 0.5) is 4.39 Å². The Labute approximate surface area is 173 Å². The summed E-state index contributed by atoms with van der Waals surface area (Å²) in [5.41, 5.74) is 0. The molecule has 0 radical (unpaired) electrons. The minimum atomic E-state index is -3.61. The van der Waals surface area contributed by atoms with Crippen LogP contribution in [0.2, 0.25) is 4.34 Å². The fraction of sp³-hybridized carbons (Fsp3) is 0.312. The molecule has 1 saturated heterocycles. The molecule has 146 valence electrons. The lowest BCUT2D eigenvalue weighted by Crippen LogP contribution is -2.51. The molecule has 1 amide bonds. The number of nitrogens with zero attached hydrogens (tertiary/aromatic N) is 2. The van der Waals surface area contributed by atoms with Crippen LogP contribution in [0.1, 0.15) is 0 Å². The molecule has 1 aromatic carbocycles. The first-order chi connectivity index (χ1) is 12.8. The molecule has 2 aromatic rings. The van der Waals surface area contributed by atoms with Crippen LogP contribution in [-0.4, -0.2) is 56.3 Å². The van der Waals surface area contributed by atoms with Gasteiger partial charge < -0.3 is 9.64 Å². The van der Waals surface area contributed by atoms with E-state index in [9.17, 15) is 17.6 Å². The van der Waals surface area contributed by atoms with Crippen LogP contribution in [0.3, 0.4) is 0 Å². The number of rotatable bonds is 5. The second kappa shape index (κ2) is 8.44. The van der Waals surface area contributed by atoms with E-state index in [1.54, 1.807) is 6.07 Å². The lowest BCUT2D eigenvalue weighted by Gasteiger charge is -2.33. The number of sulfonamides is 1. The normalized spacial score (nSPS) is 15.7. The standard InChI is InChI=1S/C16H15BrClFN2O4S2/c17-11-1-2-13(12(19)9-11)25-10-15(22)20-5-7-21(8-6-20)27(23,24)16-4-3-14(18)26-16/h1-4,9H,5-8,10H2. The number of halogens is 3. The molecule has 0 N–H and O–H groups in total. The fourth-order valence-corrected chi connectivity index (χ4v) is 5.96. The first-order valence-electron chi connectivity index (χ1n) is 7.88.